The van der Waals surface area contributed by atoms with Crippen molar-refractivity contribution in [3.05, 3.63) is 53.1 Å². The summed E-state index contributed by atoms with van der Waals surface area (Å²) in [6.07, 6.45) is 0. The zero-order valence-electron chi connectivity index (χ0n) is 12.4. The first-order valence-corrected chi connectivity index (χ1v) is 6.51. The lowest BCUT2D eigenvalue weighted by molar-refractivity contribution is -0.0512. The highest BCUT2D eigenvalue weighted by Gasteiger charge is 2.22. The van der Waals surface area contributed by atoms with Gasteiger partial charge in [0.15, 0.2) is 34.8 Å². The van der Waals surface area contributed by atoms with Gasteiger partial charge in [0.25, 0.3) is 5.91 Å². The van der Waals surface area contributed by atoms with Crippen molar-refractivity contribution in [3.63, 3.8) is 0 Å². The van der Waals surface area contributed by atoms with E-state index < -0.39 is 41.5 Å². The minimum absolute atomic E-state index is 0.0141. The number of ether oxygens (including phenoxy) is 2. The quantitative estimate of drug-likeness (QED) is 0.641. The number of methoxy groups -OCH3 is 1. The van der Waals surface area contributed by atoms with E-state index in [1.165, 1.54) is 0 Å². The Hall–Kier alpha value is -2.91. The van der Waals surface area contributed by atoms with Gasteiger partial charge in [0, 0.05) is 11.6 Å². The van der Waals surface area contributed by atoms with Crippen LogP contribution in [-0.4, -0.2) is 19.6 Å². The molecule has 1 amide bonds. The minimum atomic E-state index is -3.15. The zero-order valence-corrected chi connectivity index (χ0v) is 12.4. The molecule has 25 heavy (non-hydrogen) atoms. The van der Waals surface area contributed by atoms with Gasteiger partial charge in [0.1, 0.15) is 5.69 Å². The first kappa shape index (κ1) is 18.4. The molecule has 0 aliphatic rings. The maximum atomic E-state index is 13.5. The van der Waals surface area contributed by atoms with Crippen LogP contribution >= 0.6 is 0 Å². The summed E-state index contributed by atoms with van der Waals surface area (Å²) in [4.78, 5) is 12.0. The smallest absolute Gasteiger partial charge is 0.387 e. The van der Waals surface area contributed by atoms with E-state index in [9.17, 15) is 31.1 Å². The topological polar surface area (TPSA) is 47.6 Å². The summed E-state index contributed by atoms with van der Waals surface area (Å²) in [5.41, 5.74) is -1.61. The summed E-state index contributed by atoms with van der Waals surface area (Å²) in [6, 6.07) is 2.87. The fraction of sp³-hybridized carbons (Fsp3) is 0.133. The van der Waals surface area contributed by atoms with Crippen molar-refractivity contribution < 1.29 is 40.6 Å². The van der Waals surface area contributed by atoms with Crippen molar-refractivity contribution >= 4 is 11.6 Å². The lowest BCUT2D eigenvalue weighted by Gasteiger charge is -2.12. The highest BCUT2D eigenvalue weighted by molar-refractivity contribution is 6.04. The second-order valence-corrected chi connectivity index (χ2v) is 4.54. The SMILES string of the molecule is COc1cc(C(=O)Nc2c(F)c(F)cc(F)c2F)ccc1OC(F)F. The number of hydrogen-bond acceptors (Lipinski definition) is 3. The van der Waals surface area contributed by atoms with Gasteiger partial charge in [0.2, 0.25) is 0 Å². The van der Waals surface area contributed by atoms with E-state index in [1.54, 1.807) is 5.32 Å². The zero-order chi connectivity index (χ0) is 18.7. The second kappa shape index (κ2) is 7.32. The largest absolute Gasteiger partial charge is 0.493 e. The Kier molecular flexibility index (Phi) is 5.40. The van der Waals surface area contributed by atoms with Crippen molar-refractivity contribution in [1.82, 2.24) is 0 Å². The third kappa shape index (κ3) is 3.95. The Balaban J connectivity index is 2.33. The van der Waals surface area contributed by atoms with Crippen LogP contribution in [0, 0.1) is 23.3 Å². The molecule has 2 rings (SSSR count). The van der Waals surface area contributed by atoms with Crippen LogP contribution in [0.4, 0.5) is 32.0 Å². The van der Waals surface area contributed by atoms with Gasteiger partial charge >= 0.3 is 6.61 Å². The van der Waals surface area contributed by atoms with E-state index in [0.29, 0.717) is 0 Å². The van der Waals surface area contributed by atoms with Gasteiger partial charge in [0.05, 0.1) is 7.11 Å². The minimum Gasteiger partial charge on any atom is -0.493 e. The molecule has 0 radical (unpaired) electrons. The molecule has 4 nitrogen and oxygen atoms in total. The molecule has 0 aromatic heterocycles. The highest BCUT2D eigenvalue weighted by atomic mass is 19.3. The Labute approximate surface area is 137 Å². The molecule has 134 valence electrons. The number of anilines is 1. The highest BCUT2D eigenvalue weighted by Crippen LogP contribution is 2.30. The Bertz CT molecular complexity index is 786. The monoisotopic (exact) mass is 365 g/mol. The van der Waals surface area contributed by atoms with Gasteiger partial charge in [-0.2, -0.15) is 8.78 Å². The van der Waals surface area contributed by atoms with E-state index in [1.807, 2.05) is 0 Å². The lowest BCUT2D eigenvalue weighted by Crippen LogP contribution is -2.16. The maximum absolute atomic E-state index is 13.5. The number of carbonyl (C=O) groups excluding carboxylic acids is 1. The second-order valence-electron chi connectivity index (χ2n) is 4.54. The summed E-state index contributed by atoms with van der Waals surface area (Å²) in [7, 11) is 1.11. The Morgan fingerprint density at radius 3 is 2.12 bits per heavy atom. The van der Waals surface area contributed by atoms with Crippen molar-refractivity contribution in [3.8, 4) is 11.5 Å². The summed E-state index contributed by atoms with van der Waals surface area (Å²) in [5, 5.41) is 1.67. The number of amides is 1. The van der Waals surface area contributed by atoms with Crippen LogP contribution in [0.2, 0.25) is 0 Å². The molecule has 0 heterocycles. The molecule has 2 aromatic carbocycles. The number of rotatable bonds is 5. The molecule has 1 N–H and O–H groups in total. The van der Waals surface area contributed by atoms with Crippen LogP contribution in [0.3, 0.4) is 0 Å². The summed E-state index contributed by atoms with van der Waals surface area (Å²) in [5.74, 6) is -8.80. The van der Waals surface area contributed by atoms with E-state index in [2.05, 4.69) is 4.74 Å². The third-order valence-corrected chi connectivity index (χ3v) is 2.99. The molecule has 10 heteroatoms. The van der Waals surface area contributed by atoms with E-state index in [0.717, 1.165) is 25.3 Å². The van der Waals surface area contributed by atoms with Crippen LogP contribution in [0.5, 0.6) is 11.5 Å². The van der Waals surface area contributed by atoms with Crippen LogP contribution < -0.4 is 14.8 Å². The normalized spacial score (nSPS) is 10.7. The molecule has 0 bridgehead atoms. The average molecular weight is 365 g/mol. The van der Waals surface area contributed by atoms with Crippen LogP contribution in [0.15, 0.2) is 24.3 Å². The summed E-state index contributed by atoms with van der Waals surface area (Å²) in [6.45, 7) is -3.15. The maximum Gasteiger partial charge on any atom is 0.387 e. The van der Waals surface area contributed by atoms with Gasteiger partial charge in [-0.25, -0.2) is 17.6 Å². The Morgan fingerprint density at radius 2 is 1.60 bits per heavy atom. The molecule has 0 saturated heterocycles. The number of benzene rings is 2. The predicted molar refractivity (Wildman–Crippen MR) is 73.9 cm³/mol. The van der Waals surface area contributed by atoms with Crippen molar-refractivity contribution in [2.75, 3.05) is 12.4 Å². The number of nitrogens with one attached hydrogen (secondary N) is 1. The van der Waals surface area contributed by atoms with E-state index in [4.69, 9.17) is 4.74 Å². The first-order chi connectivity index (χ1) is 11.7. The molecular formula is C15H9F6NO3. The average Bonchev–Trinajstić information content (AvgIpc) is 2.56. The summed E-state index contributed by atoms with van der Waals surface area (Å²) < 4.78 is 86.7. The van der Waals surface area contributed by atoms with Crippen LogP contribution in [0.1, 0.15) is 10.4 Å². The molecule has 2 aromatic rings. The Morgan fingerprint density at radius 1 is 1.00 bits per heavy atom. The van der Waals surface area contributed by atoms with Gasteiger partial charge in [-0.15, -0.1) is 0 Å². The molecule has 0 atom stereocenters. The number of hydrogen-bond donors (Lipinski definition) is 1. The number of carbonyl (C=O) groups is 1. The van der Waals surface area contributed by atoms with E-state index >= 15 is 0 Å². The number of alkyl halides is 2. The fourth-order valence-electron chi connectivity index (χ4n) is 1.87. The molecular weight excluding hydrogens is 356 g/mol. The van der Waals surface area contributed by atoms with Crippen LogP contribution in [-0.2, 0) is 0 Å². The third-order valence-electron chi connectivity index (χ3n) is 2.99. The van der Waals surface area contributed by atoms with Gasteiger partial charge < -0.3 is 14.8 Å². The lowest BCUT2D eigenvalue weighted by atomic mass is 10.1. The van der Waals surface area contributed by atoms with Crippen LogP contribution in [0.25, 0.3) is 0 Å². The van der Waals surface area contributed by atoms with Gasteiger partial charge in [-0.1, -0.05) is 0 Å². The number of halogens is 6. The molecule has 0 unspecified atom stereocenters. The molecule has 0 aliphatic heterocycles. The van der Waals surface area contributed by atoms with Crippen molar-refractivity contribution in [2.45, 2.75) is 6.61 Å². The van der Waals surface area contributed by atoms with Crippen molar-refractivity contribution in [1.29, 1.82) is 0 Å². The molecule has 0 aliphatic carbocycles. The van der Waals surface area contributed by atoms with E-state index in [-0.39, 0.29) is 23.1 Å². The standard InChI is InChI=1S/C15H9F6NO3/c1-24-10-4-6(2-3-9(10)25-15(20)21)14(23)22-13-11(18)7(16)5-8(17)12(13)19/h2-5,15H,1H3,(H,22,23). The molecule has 0 fully saturated rings. The molecule has 0 saturated carbocycles. The van der Waals surface area contributed by atoms with Crippen molar-refractivity contribution in [2.24, 2.45) is 0 Å². The first-order valence-electron chi connectivity index (χ1n) is 6.51. The summed E-state index contributed by atoms with van der Waals surface area (Å²) >= 11 is 0. The molecule has 0 spiro atoms. The fourth-order valence-corrected chi connectivity index (χ4v) is 1.87. The van der Waals surface area contributed by atoms with Gasteiger partial charge in [-0.3, -0.25) is 4.79 Å². The predicted octanol–water partition coefficient (Wildman–Crippen LogP) is 4.11. The van der Waals surface area contributed by atoms with Gasteiger partial charge in [-0.05, 0) is 18.2 Å².